The van der Waals surface area contributed by atoms with Crippen LogP contribution in [-0.4, -0.2) is 69.9 Å². The molecule has 2 aliphatic heterocycles. The summed E-state index contributed by atoms with van der Waals surface area (Å²) in [6, 6.07) is 8.18. The standard InChI is InChI=1S/C22H31N5O3/c1-30-19-8-6-18(7-9-19)10-12-24-13-15-25(16-14-24)21(28)17-27-22(29)26-11-4-2-3-5-20(26)23-27/h6-9H,2-5,10-17H2,1H3. The Morgan fingerprint density at radius 3 is 2.53 bits per heavy atom. The Morgan fingerprint density at radius 2 is 1.80 bits per heavy atom. The number of carbonyl (C=O) groups is 1. The van der Waals surface area contributed by atoms with Crippen molar-refractivity contribution in [3.05, 3.63) is 46.1 Å². The second kappa shape index (κ2) is 9.47. The number of rotatable bonds is 6. The van der Waals surface area contributed by atoms with Gasteiger partial charge in [0.05, 0.1) is 7.11 Å². The van der Waals surface area contributed by atoms with E-state index in [0.29, 0.717) is 13.1 Å². The van der Waals surface area contributed by atoms with Crippen molar-refractivity contribution in [2.24, 2.45) is 0 Å². The van der Waals surface area contributed by atoms with Crippen molar-refractivity contribution in [2.75, 3.05) is 39.8 Å². The Morgan fingerprint density at radius 1 is 1.03 bits per heavy atom. The highest BCUT2D eigenvalue weighted by Crippen LogP contribution is 2.13. The number of methoxy groups -OCH3 is 1. The Balaban J connectivity index is 1.26. The summed E-state index contributed by atoms with van der Waals surface area (Å²) in [6.45, 7) is 4.85. The van der Waals surface area contributed by atoms with Crippen LogP contribution >= 0.6 is 0 Å². The minimum absolute atomic E-state index is 0.0137. The van der Waals surface area contributed by atoms with E-state index < -0.39 is 0 Å². The van der Waals surface area contributed by atoms with E-state index in [9.17, 15) is 9.59 Å². The molecule has 0 aliphatic carbocycles. The monoisotopic (exact) mass is 413 g/mol. The van der Waals surface area contributed by atoms with Gasteiger partial charge in [-0.15, -0.1) is 0 Å². The van der Waals surface area contributed by atoms with Crippen molar-refractivity contribution in [3.63, 3.8) is 0 Å². The summed E-state index contributed by atoms with van der Waals surface area (Å²) in [4.78, 5) is 29.6. The lowest BCUT2D eigenvalue weighted by atomic mass is 10.1. The molecular weight excluding hydrogens is 382 g/mol. The fraction of sp³-hybridized carbons (Fsp3) is 0.591. The number of aryl methyl sites for hydroxylation is 1. The molecule has 162 valence electrons. The Labute approximate surface area is 177 Å². The molecule has 1 aromatic heterocycles. The highest BCUT2D eigenvalue weighted by molar-refractivity contribution is 5.76. The maximum Gasteiger partial charge on any atom is 0.346 e. The Hall–Kier alpha value is -2.61. The maximum absolute atomic E-state index is 12.7. The zero-order valence-corrected chi connectivity index (χ0v) is 17.8. The first-order chi connectivity index (χ1) is 14.6. The number of aromatic nitrogens is 3. The summed E-state index contributed by atoms with van der Waals surface area (Å²) in [6.07, 6.45) is 5.00. The molecule has 3 heterocycles. The van der Waals surface area contributed by atoms with Gasteiger partial charge in [-0.3, -0.25) is 14.3 Å². The highest BCUT2D eigenvalue weighted by atomic mass is 16.5. The molecule has 0 unspecified atom stereocenters. The Bertz CT molecular complexity index is 910. The fourth-order valence-corrected chi connectivity index (χ4v) is 4.26. The van der Waals surface area contributed by atoms with Gasteiger partial charge in [-0.1, -0.05) is 18.6 Å². The fourth-order valence-electron chi connectivity index (χ4n) is 4.26. The number of piperazine rings is 1. The van der Waals surface area contributed by atoms with Gasteiger partial charge < -0.3 is 9.64 Å². The summed E-state index contributed by atoms with van der Waals surface area (Å²) in [5.74, 6) is 1.69. The largest absolute Gasteiger partial charge is 0.497 e. The van der Waals surface area contributed by atoms with E-state index in [0.717, 1.165) is 69.9 Å². The molecule has 0 atom stereocenters. The van der Waals surface area contributed by atoms with Gasteiger partial charge in [0.15, 0.2) is 0 Å². The minimum atomic E-state index is -0.140. The molecule has 8 heteroatoms. The Kier molecular flexibility index (Phi) is 6.52. The molecule has 0 bridgehead atoms. The second-order valence-corrected chi connectivity index (χ2v) is 8.14. The molecule has 0 saturated carbocycles. The van der Waals surface area contributed by atoms with Crippen LogP contribution in [0.3, 0.4) is 0 Å². The summed E-state index contributed by atoms with van der Waals surface area (Å²) in [5, 5.41) is 4.44. The molecule has 1 aromatic carbocycles. The van der Waals surface area contributed by atoms with Crippen LogP contribution in [-0.2, 0) is 30.7 Å². The minimum Gasteiger partial charge on any atom is -0.497 e. The number of ether oxygens (including phenoxy) is 1. The van der Waals surface area contributed by atoms with Crippen LogP contribution in [0.2, 0.25) is 0 Å². The average molecular weight is 414 g/mol. The van der Waals surface area contributed by atoms with Crippen molar-refractivity contribution >= 4 is 5.91 Å². The smallest absolute Gasteiger partial charge is 0.346 e. The molecule has 1 amide bonds. The van der Waals surface area contributed by atoms with Crippen LogP contribution in [0.4, 0.5) is 0 Å². The second-order valence-electron chi connectivity index (χ2n) is 8.14. The zero-order chi connectivity index (χ0) is 20.9. The summed E-state index contributed by atoms with van der Waals surface area (Å²) in [5.41, 5.74) is 1.15. The number of benzene rings is 1. The van der Waals surface area contributed by atoms with Crippen molar-refractivity contribution in [3.8, 4) is 5.75 Å². The molecule has 0 N–H and O–H groups in total. The number of hydrogen-bond donors (Lipinski definition) is 0. The third kappa shape index (κ3) is 4.75. The number of fused-ring (bicyclic) bond motifs is 1. The molecule has 0 spiro atoms. The first-order valence-corrected chi connectivity index (χ1v) is 10.9. The molecule has 1 fully saturated rings. The quantitative estimate of drug-likeness (QED) is 0.711. The van der Waals surface area contributed by atoms with E-state index in [2.05, 4.69) is 22.1 Å². The number of nitrogens with zero attached hydrogens (tertiary/aromatic N) is 5. The van der Waals surface area contributed by atoms with Gasteiger partial charge in [-0.05, 0) is 37.0 Å². The summed E-state index contributed by atoms with van der Waals surface area (Å²) in [7, 11) is 1.67. The van der Waals surface area contributed by atoms with Crippen molar-refractivity contribution in [2.45, 2.75) is 45.2 Å². The van der Waals surface area contributed by atoms with E-state index >= 15 is 0 Å². The third-order valence-electron chi connectivity index (χ3n) is 6.17. The van der Waals surface area contributed by atoms with E-state index in [1.165, 1.54) is 10.2 Å². The lowest BCUT2D eigenvalue weighted by Crippen LogP contribution is -2.50. The lowest BCUT2D eigenvalue weighted by Gasteiger charge is -2.34. The topological polar surface area (TPSA) is 72.6 Å². The molecule has 4 rings (SSSR count). The molecule has 0 radical (unpaired) electrons. The van der Waals surface area contributed by atoms with Gasteiger partial charge in [0.2, 0.25) is 5.91 Å². The van der Waals surface area contributed by atoms with E-state index in [1.807, 2.05) is 17.0 Å². The number of amides is 1. The predicted octanol–water partition coefficient (Wildman–Crippen LogP) is 1.17. The van der Waals surface area contributed by atoms with Gasteiger partial charge in [0.1, 0.15) is 18.1 Å². The van der Waals surface area contributed by atoms with Crippen LogP contribution in [0.15, 0.2) is 29.1 Å². The first kappa shape index (κ1) is 20.7. The molecule has 1 saturated heterocycles. The van der Waals surface area contributed by atoms with Gasteiger partial charge in [0, 0.05) is 45.7 Å². The van der Waals surface area contributed by atoms with Crippen molar-refractivity contribution in [1.82, 2.24) is 24.1 Å². The molecule has 2 aromatic rings. The van der Waals surface area contributed by atoms with Crippen LogP contribution in [0.5, 0.6) is 5.75 Å². The van der Waals surface area contributed by atoms with E-state index in [4.69, 9.17) is 4.74 Å². The van der Waals surface area contributed by atoms with Gasteiger partial charge in [-0.25, -0.2) is 9.48 Å². The molecular formula is C22H31N5O3. The van der Waals surface area contributed by atoms with Crippen LogP contribution in [0, 0.1) is 0 Å². The normalized spacial score (nSPS) is 17.4. The van der Waals surface area contributed by atoms with Crippen LogP contribution < -0.4 is 10.4 Å². The third-order valence-corrected chi connectivity index (χ3v) is 6.17. The summed E-state index contributed by atoms with van der Waals surface area (Å²) >= 11 is 0. The first-order valence-electron chi connectivity index (χ1n) is 10.9. The highest BCUT2D eigenvalue weighted by Gasteiger charge is 2.23. The lowest BCUT2D eigenvalue weighted by molar-refractivity contribution is -0.133. The van der Waals surface area contributed by atoms with Gasteiger partial charge in [-0.2, -0.15) is 5.10 Å². The van der Waals surface area contributed by atoms with Crippen molar-refractivity contribution < 1.29 is 9.53 Å². The van der Waals surface area contributed by atoms with Gasteiger partial charge in [0.25, 0.3) is 0 Å². The SMILES string of the molecule is COc1ccc(CCN2CCN(C(=O)Cn3nc4n(c3=O)CCCCC4)CC2)cc1. The number of carbonyl (C=O) groups excluding carboxylic acids is 1. The predicted molar refractivity (Wildman–Crippen MR) is 114 cm³/mol. The van der Waals surface area contributed by atoms with E-state index in [1.54, 1.807) is 11.7 Å². The molecule has 8 nitrogen and oxygen atoms in total. The van der Waals surface area contributed by atoms with Crippen LogP contribution in [0.25, 0.3) is 0 Å². The van der Waals surface area contributed by atoms with Gasteiger partial charge >= 0.3 is 5.69 Å². The summed E-state index contributed by atoms with van der Waals surface area (Å²) < 4.78 is 8.31. The average Bonchev–Trinajstić information content (AvgIpc) is 2.94. The van der Waals surface area contributed by atoms with Crippen LogP contribution in [0.1, 0.15) is 30.7 Å². The zero-order valence-electron chi connectivity index (χ0n) is 17.8. The molecule has 2 aliphatic rings. The van der Waals surface area contributed by atoms with E-state index in [-0.39, 0.29) is 18.1 Å². The van der Waals surface area contributed by atoms with Crippen molar-refractivity contribution in [1.29, 1.82) is 0 Å². The number of hydrogen-bond acceptors (Lipinski definition) is 5. The molecule has 30 heavy (non-hydrogen) atoms. The maximum atomic E-state index is 12.7.